The highest BCUT2D eigenvalue weighted by molar-refractivity contribution is 7.09. The summed E-state index contributed by atoms with van der Waals surface area (Å²) in [6.45, 7) is 4.67. The van der Waals surface area contributed by atoms with Gasteiger partial charge in [0, 0.05) is 10.9 Å². The lowest BCUT2D eigenvalue weighted by Gasteiger charge is -2.26. The molecule has 0 atom stereocenters. The van der Waals surface area contributed by atoms with E-state index in [4.69, 9.17) is 16.9 Å². The summed E-state index contributed by atoms with van der Waals surface area (Å²) in [4.78, 5) is 6.79. The predicted octanol–water partition coefficient (Wildman–Crippen LogP) is 1.17. The van der Waals surface area contributed by atoms with Crippen LogP contribution in [0, 0.1) is 5.41 Å². The van der Waals surface area contributed by atoms with Gasteiger partial charge in [-0.1, -0.05) is 6.07 Å². The molecular weight excluding hydrogens is 222 g/mol. The maximum absolute atomic E-state index is 7.79. The summed E-state index contributed by atoms with van der Waals surface area (Å²) in [6, 6.07) is 4.20. The molecule has 16 heavy (non-hydrogen) atoms. The maximum atomic E-state index is 7.79. The van der Waals surface area contributed by atoms with Gasteiger partial charge < -0.3 is 16.4 Å². The van der Waals surface area contributed by atoms with Crippen LogP contribution in [0.2, 0.25) is 0 Å². The van der Waals surface area contributed by atoms with Crippen molar-refractivity contribution in [2.75, 3.05) is 0 Å². The molecule has 0 radical (unpaired) electrons. The summed E-state index contributed by atoms with van der Waals surface area (Å²) in [7, 11) is 0. The molecule has 0 aromatic carbocycles. The van der Waals surface area contributed by atoms with Gasteiger partial charge >= 0.3 is 0 Å². The van der Waals surface area contributed by atoms with Crippen molar-refractivity contribution in [2.45, 2.75) is 26.4 Å². The number of nitrogens with one attached hydrogen (secondary N) is 1. The van der Waals surface area contributed by atoms with E-state index in [0.717, 1.165) is 0 Å². The second-order valence-corrected chi connectivity index (χ2v) is 4.69. The molecule has 0 aliphatic carbocycles. The molecule has 0 bridgehead atoms. The van der Waals surface area contributed by atoms with E-state index in [9.17, 15) is 0 Å². The second-order valence-electron chi connectivity index (χ2n) is 3.66. The Bertz CT molecular complexity index is 365. The van der Waals surface area contributed by atoms with Crippen molar-refractivity contribution in [2.24, 2.45) is 16.5 Å². The van der Waals surface area contributed by atoms with Crippen LogP contribution < -0.4 is 11.5 Å². The van der Waals surface area contributed by atoms with Crippen LogP contribution in [0.15, 0.2) is 22.5 Å². The number of aliphatic imine (C=N–C) groups is 1. The minimum Gasteiger partial charge on any atom is -0.370 e. The zero-order chi connectivity index (χ0) is 12.1. The molecule has 0 saturated heterocycles. The average Bonchev–Trinajstić information content (AvgIpc) is 2.64. The fourth-order valence-electron chi connectivity index (χ4n) is 1.26. The molecule has 0 aliphatic rings. The zero-order valence-electron chi connectivity index (χ0n) is 9.47. The van der Waals surface area contributed by atoms with Gasteiger partial charge in [0.1, 0.15) is 0 Å². The number of nitrogens with two attached hydrogens (primary N) is 2. The van der Waals surface area contributed by atoms with Crippen LogP contribution in [0.1, 0.15) is 18.7 Å². The Morgan fingerprint density at radius 2 is 2.25 bits per heavy atom. The monoisotopic (exact) mass is 239 g/mol. The Labute approximate surface area is 99.3 Å². The molecule has 0 spiro atoms. The first-order chi connectivity index (χ1) is 7.50. The van der Waals surface area contributed by atoms with Crippen LogP contribution in [-0.2, 0) is 6.54 Å². The molecule has 0 saturated carbocycles. The SMILES string of the molecule is CC(C)N(Cc1cccs1)C(=N)N=C(N)N. The average molecular weight is 239 g/mol. The third-order valence-corrected chi connectivity index (χ3v) is 2.90. The van der Waals surface area contributed by atoms with Crippen molar-refractivity contribution in [3.05, 3.63) is 22.4 Å². The van der Waals surface area contributed by atoms with Gasteiger partial charge in [-0.05, 0) is 25.3 Å². The van der Waals surface area contributed by atoms with Crippen molar-refractivity contribution in [3.8, 4) is 0 Å². The van der Waals surface area contributed by atoms with Crippen LogP contribution in [0.4, 0.5) is 0 Å². The predicted molar refractivity (Wildman–Crippen MR) is 68.5 cm³/mol. The standard InChI is InChI=1S/C10H17N5S/c1-7(2)15(10(13)14-9(11)12)6-8-4-3-5-16-8/h3-5,7H,6H2,1-2H3,(H5,11,12,13,14). The number of hydrogen-bond acceptors (Lipinski definition) is 2. The number of guanidine groups is 2. The molecule has 0 amide bonds. The highest BCUT2D eigenvalue weighted by atomic mass is 32.1. The van der Waals surface area contributed by atoms with E-state index in [2.05, 4.69) is 4.99 Å². The van der Waals surface area contributed by atoms with E-state index in [1.807, 2.05) is 36.3 Å². The molecule has 1 aromatic heterocycles. The molecule has 6 heteroatoms. The minimum absolute atomic E-state index is 0.0816. The molecule has 5 nitrogen and oxygen atoms in total. The van der Waals surface area contributed by atoms with E-state index in [0.29, 0.717) is 6.54 Å². The highest BCUT2D eigenvalue weighted by Gasteiger charge is 2.14. The molecule has 0 aliphatic heterocycles. The van der Waals surface area contributed by atoms with Crippen LogP contribution in [-0.4, -0.2) is 22.9 Å². The van der Waals surface area contributed by atoms with E-state index in [-0.39, 0.29) is 18.0 Å². The fraction of sp³-hybridized carbons (Fsp3) is 0.400. The van der Waals surface area contributed by atoms with Gasteiger partial charge in [-0.2, -0.15) is 4.99 Å². The first-order valence-corrected chi connectivity index (χ1v) is 5.86. The van der Waals surface area contributed by atoms with E-state index >= 15 is 0 Å². The zero-order valence-corrected chi connectivity index (χ0v) is 10.3. The lowest BCUT2D eigenvalue weighted by Crippen LogP contribution is -2.37. The lowest BCUT2D eigenvalue weighted by atomic mass is 10.3. The number of rotatable bonds is 3. The van der Waals surface area contributed by atoms with Crippen LogP contribution in [0.3, 0.4) is 0 Å². The summed E-state index contributed by atoms with van der Waals surface area (Å²) in [5, 5.41) is 9.80. The van der Waals surface area contributed by atoms with Gasteiger partial charge in [0.15, 0.2) is 5.96 Å². The summed E-state index contributed by atoms with van der Waals surface area (Å²) >= 11 is 1.66. The van der Waals surface area contributed by atoms with Crippen molar-refractivity contribution in [3.63, 3.8) is 0 Å². The molecule has 88 valence electrons. The summed E-state index contributed by atoms with van der Waals surface area (Å²) in [5.74, 6) is 0.0187. The van der Waals surface area contributed by atoms with Gasteiger partial charge in [0.25, 0.3) is 0 Å². The Hall–Kier alpha value is -1.56. The molecular formula is C10H17N5S. The largest absolute Gasteiger partial charge is 0.370 e. The smallest absolute Gasteiger partial charge is 0.221 e. The number of thiophene rings is 1. The van der Waals surface area contributed by atoms with Crippen molar-refractivity contribution < 1.29 is 0 Å². The van der Waals surface area contributed by atoms with Crippen LogP contribution in [0.5, 0.6) is 0 Å². The van der Waals surface area contributed by atoms with Gasteiger partial charge in [0.05, 0.1) is 6.54 Å². The molecule has 1 heterocycles. The summed E-state index contributed by atoms with van der Waals surface area (Å²) in [5.41, 5.74) is 10.5. The topological polar surface area (TPSA) is 91.5 Å². The number of nitrogens with zero attached hydrogens (tertiary/aromatic N) is 2. The van der Waals surface area contributed by atoms with Crippen molar-refractivity contribution in [1.29, 1.82) is 5.41 Å². The fourth-order valence-corrected chi connectivity index (χ4v) is 1.96. The van der Waals surface area contributed by atoms with Crippen molar-refractivity contribution in [1.82, 2.24) is 4.90 Å². The summed E-state index contributed by atoms with van der Waals surface area (Å²) < 4.78 is 0. The highest BCUT2D eigenvalue weighted by Crippen LogP contribution is 2.14. The van der Waals surface area contributed by atoms with Crippen molar-refractivity contribution >= 4 is 23.3 Å². The Balaban J connectivity index is 2.76. The van der Waals surface area contributed by atoms with E-state index < -0.39 is 0 Å². The number of hydrogen-bond donors (Lipinski definition) is 3. The second kappa shape index (κ2) is 5.50. The lowest BCUT2D eigenvalue weighted by molar-refractivity contribution is 0.340. The third-order valence-electron chi connectivity index (χ3n) is 2.04. The first-order valence-electron chi connectivity index (χ1n) is 4.98. The van der Waals surface area contributed by atoms with Crippen LogP contribution >= 0.6 is 11.3 Å². The first kappa shape index (κ1) is 12.5. The maximum Gasteiger partial charge on any atom is 0.221 e. The molecule has 0 fully saturated rings. The van der Waals surface area contributed by atoms with Gasteiger partial charge in [-0.25, -0.2) is 0 Å². The summed E-state index contributed by atoms with van der Waals surface area (Å²) in [6.07, 6.45) is 0. The molecule has 5 N–H and O–H groups in total. The van der Waals surface area contributed by atoms with Gasteiger partial charge in [-0.3, -0.25) is 5.41 Å². The Morgan fingerprint density at radius 1 is 1.56 bits per heavy atom. The van der Waals surface area contributed by atoms with Gasteiger partial charge in [0.2, 0.25) is 5.96 Å². The molecule has 1 rings (SSSR count). The molecule has 1 aromatic rings. The quantitative estimate of drug-likeness (QED) is 0.546. The third kappa shape index (κ3) is 3.54. The van der Waals surface area contributed by atoms with E-state index in [1.165, 1.54) is 4.88 Å². The van der Waals surface area contributed by atoms with Crippen LogP contribution in [0.25, 0.3) is 0 Å². The Morgan fingerprint density at radius 3 is 2.69 bits per heavy atom. The normalized spacial score (nSPS) is 10.2. The Kier molecular flexibility index (Phi) is 4.30. The molecule has 0 unspecified atom stereocenters. The van der Waals surface area contributed by atoms with E-state index in [1.54, 1.807) is 11.3 Å². The minimum atomic E-state index is -0.0816. The van der Waals surface area contributed by atoms with Gasteiger partial charge in [-0.15, -0.1) is 11.3 Å².